The maximum absolute atomic E-state index is 5.68. The fourth-order valence-corrected chi connectivity index (χ4v) is 2.31. The molecule has 0 aliphatic carbocycles. The van der Waals surface area contributed by atoms with E-state index < -0.39 is 0 Å². The minimum absolute atomic E-state index is 0.0846. The first-order valence-corrected chi connectivity index (χ1v) is 7.48. The molecule has 2 rings (SSSR count). The highest BCUT2D eigenvalue weighted by Gasteiger charge is 2.16. The van der Waals surface area contributed by atoms with Crippen molar-refractivity contribution in [1.82, 2.24) is 15.3 Å². The van der Waals surface area contributed by atoms with Crippen LogP contribution < -0.4 is 10.1 Å². The predicted octanol–water partition coefficient (Wildman–Crippen LogP) is 3.27. The van der Waals surface area contributed by atoms with Crippen LogP contribution >= 0.6 is 0 Å². The topological polar surface area (TPSA) is 47.0 Å². The van der Waals surface area contributed by atoms with Crippen molar-refractivity contribution >= 4 is 0 Å². The summed E-state index contributed by atoms with van der Waals surface area (Å²) in [6.07, 6.45) is 6.46. The third kappa shape index (κ3) is 4.02. The van der Waals surface area contributed by atoms with Crippen molar-refractivity contribution < 1.29 is 4.74 Å². The lowest BCUT2D eigenvalue weighted by Crippen LogP contribution is -2.23. The number of rotatable bonds is 7. The Balaban J connectivity index is 2.32. The molecule has 0 saturated carbocycles. The highest BCUT2D eigenvalue weighted by Crippen LogP contribution is 2.25. The predicted molar refractivity (Wildman–Crippen MR) is 84.5 cm³/mol. The molecule has 1 atom stereocenters. The fraction of sp³-hybridized carbons (Fsp3) is 0.412. The number of hydrogen-bond acceptors (Lipinski definition) is 4. The highest BCUT2D eigenvalue weighted by atomic mass is 16.5. The summed E-state index contributed by atoms with van der Waals surface area (Å²) in [5.74, 6) is 0.818. The Kier molecular flexibility index (Phi) is 5.69. The molecule has 0 aliphatic rings. The second-order valence-corrected chi connectivity index (χ2v) is 4.97. The second-order valence-electron chi connectivity index (χ2n) is 4.97. The van der Waals surface area contributed by atoms with Gasteiger partial charge in [-0.1, -0.05) is 19.9 Å². The molecule has 0 aliphatic heterocycles. The first-order valence-electron chi connectivity index (χ1n) is 7.48. The van der Waals surface area contributed by atoms with Gasteiger partial charge < -0.3 is 10.1 Å². The van der Waals surface area contributed by atoms with Gasteiger partial charge in [0.15, 0.2) is 0 Å². The van der Waals surface area contributed by atoms with E-state index >= 15 is 0 Å². The lowest BCUT2D eigenvalue weighted by molar-refractivity contribution is 0.315. The van der Waals surface area contributed by atoms with Crippen LogP contribution in [0.25, 0.3) is 0 Å². The van der Waals surface area contributed by atoms with Crippen LogP contribution in [-0.4, -0.2) is 23.1 Å². The van der Waals surface area contributed by atoms with Crippen LogP contribution in [0.1, 0.15) is 43.1 Å². The van der Waals surface area contributed by atoms with Gasteiger partial charge in [-0.15, -0.1) is 0 Å². The molecule has 0 saturated heterocycles. The first kappa shape index (κ1) is 15.4. The van der Waals surface area contributed by atoms with Crippen LogP contribution in [0.15, 0.2) is 36.8 Å². The van der Waals surface area contributed by atoms with E-state index in [2.05, 4.69) is 41.3 Å². The summed E-state index contributed by atoms with van der Waals surface area (Å²) < 4.78 is 5.68. The van der Waals surface area contributed by atoms with E-state index in [0.717, 1.165) is 30.0 Å². The van der Waals surface area contributed by atoms with E-state index in [1.807, 2.05) is 25.4 Å². The molecule has 4 heteroatoms. The molecule has 1 unspecified atom stereocenters. The van der Waals surface area contributed by atoms with E-state index in [4.69, 9.17) is 4.74 Å². The lowest BCUT2D eigenvalue weighted by atomic mass is 9.99. The SMILES string of the molecule is CCCOc1cncc(C(NCC)c2cccnc2C)c1. The number of pyridine rings is 2. The normalized spacial score (nSPS) is 12.1. The van der Waals surface area contributed by atoms with Gasteiger partial charge in [-0.25, -0.2) is 0 Å². The van der Waals surface area contributed by atoms with E-state index in [-0.39, 0.29) is 6.04 Å². The van der Waals surface area contributed by atoms with Gasteiger partial charge in [-0.05, 0) is 43.1 Å². The Labute approximate surface area is 126 Å². The van der Waals surface area contributed by atoms with E-state index in [9.17, 15) is 0 Å². The Hall–Kier alpha value is -1.94. The van der Waals surface area contributed by atoms with E-state index in [1.54, 1.807) is 6.20 Å². The zero-order valence-electron chi connectivity index (χ0n) is 13.0. The maximum Gasteiger partial charge on any atom is 0.137 e. The number of hydrogen-bond donors (Lipinski definition) is 1. The number of aromatic nitrogens is 2. The van der Waals surface area contributed by atoms with Gasteiger partial charge in [-0.2, -0.15) is 0 Å². The van der Waals surface area contributed by atoms with E-state index in [1.165, 1.54) is 5.56 Å². The van der Waals surface area contributed by atoms with Crippen molar-refractivity contribution in [3.05, 3.63) is 53.6 Å². The molecular weight excluding hydrogens is 262 g/mol. The number of nitrogens with zero attached hydrogens (tertiary/aromatic N) is 2. The van der Waals surface area contributed by atoms with Gasteiger partial charge in [0, 0.05) is 18.1 Å². The lowest BCUT2D eigenvalue weighted by Gasteiger charge is -2.20. The Morgan fingerprint density at radius 3 is 2.86 bits per heavy atom. The average Bonchev–Trinajstić information content (AvgIpc) is 2.52. The van der Waals surface area contributed by atoms with Gasteiger partial charge in [0.1, 0.15) is 5.75 Å². The van der Waals surface area contributed by atoms with Crippen LogP contribution in [-0.2, 0) is 0 Å². The molecule has 0 bridgehead atoms. The molecule has 0 fully saturated rings. The molecule has 112 valence electrons. The molecule has 0 aromatic carbocycles. The third-order valence-electron chi connectivity index (χ3n) is 3.31. The molecule has 0 radical (unpaired) electrons. The minimum Gasteiger partial charge on any atom is -0.492 e. The van der Waals surface area contributed by atoms with Crippen LogP contribution in [0.4, 0.5) is 0 Å². The molecule has 21 heavy (non-hydrogen) atoms. The largest absolute Gasteiger partial charge is 0.492 e. The molecule has 2 aromatic rings. The van der Waals surface area contributed by atoms with E-state index in [0.29, 0.717) is 6.61 Å². The smallest absolute Gasteiger partial charge is 0.137 e. The first-order chi connectivity index (χ1) is 10.3. The monoisotopic (exact) mass is 285 g/mol. The summed E-state index contributed by atoms with van der Waals surface area (Å²) in [5.41, 5.74) is 3.30. The zero-order chi connectivity index (χ0) is 15.1. The number of nitrogens with one attached hydrogen (secondary N) is 1. The highest BCUT2D eigenvalue weighted by molar-refractivity contribution is 5.35. The molecule has 2 heterocycles. The van der Waals surface area contributed by atoms with Gasteiger partial charge in [0.05, 0.1) is 18.8 Å². The summed E-state index contributed by atoms with van der Waals surface area (Å²) in [4.78, 5) is 8.70. The summed E-state index contributed by atoms with van der Waals surface area (Å²) in [7, 11) is 0. The summed E-state index contributed by atoms with van der Waals surface area (Å²) >= 11 is 0. The van der Waals surface area contributed by atoms with Crippen LogP contribution in [0.3, 0.4) is 0 Å². The van der Waals surface area contributed by atoms with Crippen molar-refractivity contribution in [3.63, 3.8) is 0 Å². The second kappa shape index (κ2) is 7.74. The van der Waals surface area contributed by atoms with Gasteiger partial charge >= 0.3 is 0 Å². The van der Waals surface area contributed by atoms with Crippen molar-refractivity contribution in [3.8, 4) is 5.75 Å². The maximum atomic E-state index is 5.68. The number of aryl methyl sites for hydroxylation is 1. The summed E-state index contributed by atoms with van der Waals surface area (Å²) in [6.45, 7) is 7.81. The molecule has 2 aromatic heterocycles. The summed E-state index contributed by atoms with van der Waals surface area (Å²) in [5, 5.41) is 3.50. The minimum atomic E-state index is 0.0846. The van der Waals surface area contributed by atoms with Crippen LogP contribution in [0.2, 0.25) is 0 Å². The van der Waals surface area contributed by atoms with Crippen molar-refractivity contribution in [2.75, 3.05) is 13.2 Å². The number of ether oxygens (including phenoxy) is 1. The van der Waals surface area contributed by atoms with Gasteiger partial charge in [-0.3, -0.25) is 9.97 Å². The Bertz CT molecular complexity index is 571. The quantitative estimate of drug-likeness (QED) is 0.848. The molecular formula is C17H23N3O. The standard InChI is InChI=1S/C17H23N3O/c1-4-9-21-15-10-14(11-18-12-15)17(19-5-2)16-7-6-8-20-13(16)3/h6-8,10-12,17,19H,4-5,9H2,1-3H3. The molecule has 4 nitrogen and oxygen atoms in total. The molecule has 0 spiro atoms. The third-order valence-corrected chi connectivity index (χ3v) is 3.31. The van der Waals surface area contributed by atoms with Gasteiger partial charge in [0.2, 0.25) is 0 Å². The van der Waals surface area contributed by atoms with Crippen molar-refractivity contribution in [2.24, 2.45) is 0 Å². The Morgan fingerprint density at radius 1 is 1.29 bits per heavy atom. The molecule has 1 N–H and O–H groups in total. The fourth-order valence-electron chi connectivity index (χ4n) is 2.31. The van der Waals surface area contributed by atoms with Crippen LogP contribution in [0.5, 0.6) is 5.75 Å². The zero-order valence-corrected chi connectivity index (χ0v) is 13.0. The molecule has 0 amide bonds. The average molecular weight is 285 g/mol. The van der Waals surface area contributed by atoms with Crippen molar-refractivity contribution in [1.29, 1.82) is 0 Å². The van der Waals surface area contributed by atoms with Gasteiger partial charge in [0.25, 0.3) is 0 Å². The van der Waals surface area contributed by atoms with Crippen LogP contribution in [0, 0.1) is 6.92 Å². The Morgan fingerprint density at radius 2 is 2.14 bits per heavy atom. The summed E-state index contributed by atoms with van der Waals surface area (Å²) in [6, 6.07) is 6.22. The van der Waals surface area contributed by atoms with Crippen molar-refractivity contribution in [2.45, 2.75) is 33.2 Å².